The lowest BCUT2D eigenvalue weighted by atomic mass is 10.1. The van der Waals surface area contributed by atoms with Crippen LogP contribution < -0.4 is 4.74 Å². The number of nitriles is 1. The molecule has 1 fully saturated rings. The van der Waals surface area contributed by atoms with Crippen molar-refractivity contribution in [3.8, 4) is 11.8 Å². The van der Waals surface area contributed by atoms with Crippen molar-refractivity contribution in [3.63, 3.8) is 0 Å². The van der Waals surface area contributed by atoms with Gasteiger partial charge in [-0.1, -0.05) is 12.1 Å². The summed E-state index contributed by atoms with van der Waals surface area (Å²) < 4.78 is 10.5. The number of likely N-dealkylation sites (tertiary alicyclic amines) is 1. The fourth-order valence-corrected chi connectivity index (χ4v) is 2.82. The van der Waals surface area contributed by atoms with Crippen molar-refractivity contribution in [3.05, 3.63) is 65.2 Å². The first-order valence-electron chi connectivity index (χ1n) is 8.82. The SMILES string of the molecule is N#Cc1ccc(OCC(=O)OCc2ccc(C(=O)N3CCCC3)cc2)cc1. The van der Waals surface area contributed by atoms with Gasteiger partial charge in [-0.3, -0.25) is 4.79 Å². The minimum atomic E-state index is -0.489. The predicted octanol–water partition coefficient (Wildman–Crippen LogP) is 2.92. The maximum atomic E-state index is 12.3. The zero-order valence-corrected chi connectivity index (χ0v) is 14.9. The van der Waals surface area contributed by atoms with E-state index in [4.69, 9.17) is 14.7 Å². The summed E-state index contributed by atoms with van der Waals surface area (Å²) in [4.78, 5) is 25.9. The lowest BCUT2D eigenvalue weighted by molar-refractivity contribution is -0.147. The topological polar surface area (TPSA) is 79.6 Å². The van der Waals surface area contributed by atoms with Crippen molar-refractivity contribution in [2.24, 2.45) is 0 Å². The lowest BCUT2D eigenvalue weighted by Crippen LogP contribution is -2.27. The first kappa shape index (κ1) is 18.5. The second kappa shape index (κ2) is 8.86. The van der Waals surface area contributed by atoms with Crippen LogP contribution in [0.1, 0.15) is 34.3 Å². The van der Waals surface area contributed by atoms with Gasteiger partial charge in [0.25, 0.3) is 5.91 Å². The Hall–Kier alpha value is -3.33. The summed E-state index contributed by atoms with van der Waals surface area (Å²) in [5.41, 5.74) is 1.98. The zero-order chi connectivity index (χ0) is 19.1. The molecule has 138 valence electrons. The highest BCUT2D eigenvalue weighted by atomic mass is 16.6. The average molecular weight is 364 g/mol. The standard InChI is InChI=1S/C21H20N2O4/c22-13-16-5-9-19(10-6-16)26-15-20(24)27-14-17-3-7-18(8-4-17)21(25)23-11-1-2-12-23/h3-10H,1-2,11-12,14-15H2. The van der Waals surface area contributed by atoms with Crippen LogP contribution in [-0.4, -0.2) is 36.5 Å². The molecule has 27 heavy (non-hydrogen) atoms. The lowest BCUT2D eigenvalue weighted by Gasteiger charge is -2.15. The van der Waals surface area contributed by atoms with Gasteiger partial charge in [-0.05, 0) is 54.8 Å². The van der Waals surface area contributed by atoms with E-state index in [2.05, 4.69) is 0 Å². The van der Waals surface area contributed by atoms with E-state index >= 15 is 0 Å². The van der Waals surface area contributed by atoms with E-state index < -0.39 is 5.97 Å². The van der Waals surface area contributed by atoms with Crippen molar-refractivity contribution in [2.75, 3.05) is 19.7 Å². The van der Waals surface area contributed by atoms with Crippen molar-refractivity contribution < 1.29 is 19.1 Å². The number of hydrogen-bond acceptors (Lipinski definition) is 5. The first-order chi connectivity index (χ1) is 13.2. The number of nitrogens with zero attached hydrogens (tertiary/aromatic N) is 2. The molecule has 0 N–H and O–H groups in total. The summed E-state index contributed by atoms with van der Waals surface area (Å²) in [6, 6.07) is 15.6. The molecule has 6 nitrogen and oxygen atoms in total. The van der Waals surface area contributed by atoms with Crippen LogP contribution in [0.15, 0.2) is 48.5 Å². The minimum absolute atomic E-state index is 0.0480. The summed E-state index contributed by atoms with van der Waals surface area (Å²) in [5, 5.41) is 8.74. The summed E-state index contributed by atoms with van der Waals surface area (Å²) in [5.74, 6) is 0.0548. The summed E-state index contributed by atoms with van der Waals surface area (Å²) in [6.45, 7) is 1.54. The third-order valence-corrected chi connectivity index (χ3v) is 4.33. The Kier molecular flexibility index (Phi) is 6.06. The van der Waals surface area contributed by atoms with Crippen molar-refractivity contribution >= 4 is 11.9 Å². The quantitative estimate of drug-likeness (QED) is 0.737. The summed E-state index contributed by atoms with van der Waals surface area (Å²) >= 11 is 0. The molecule has 1 aliphatic rings. The molecule has 3 rings (SSSR count). The van der Waals surface area contributed by atoms with E-state index in [1.807, 2.05) is 11.0 Å². The number of esters is 1. The molecule has 2 aromatic carbocycles. The number of carbonyl (C=O) groups is 2. The molecule has 2 aromatic rings. The van der Waals surface area contributed by atoms with Crippen LogP contribution in [0, 0.1) is 11.3 Å². The van der Waals surface area contributed by atoms with Crippen LogP contribution >= 0.6 is 0 Å². The van der Waals surface area contributed by atoms with Crippen LogP contribution in [0.4, 0.5) is 0 Å². The number of rotatable bonds is 6. The minimum Gasteiger partial charge on any atom is -0.482 e. The van der Waals surface area contributed by atoms with E-state index in [1.165, 1.54) is 0 Å². The third-order valence-electron chi connectivity index (χ3n) is 4.33. The molecule has 0 unspecified atom stereocenters. The molecular formula is C21H20N2O4. The van der Waals surface area contributed by atoms with E-state index in [1.54, 1.807) is 48.5 Å². The molecule has 0 aliphatic carbocycles. The molecule has 1 amide bonds. The molecule has 1 aliphatic heterocycles. The van der Waals surface area contributed by atoms with Crippen LogP contribution in [0.25, 0.3) is 0 Å². The van der Waals surface area contributed by atoms with Crippen LogP contribution in [0.3, 0.4) is 0 Å². The maximum absolute atomic E-state index is 12.3. The fourth-order valence-electron chi connectivity index (χ4n) is 2.82. The number of benzene rings is 2. The normalized spacial score (nSPS) is 13.1. The van der Waals surface area contributed by atoms with Crippen LogP contribution in [0.5, 0.6) is 5.75 Å². The molecule has 0 spiro atoms. The fraction of sp³-hybridized carbons (Fsp3) is 0.286. The molecule has 0 saturated carbocycles. The van der Waals surface area contributed by atoms with Crippen LogP contribution in [0.2, 0.25) is 0 Å². The second-order valence-electron chi connectivity index (χ2n) is 6.28. The van der Waals surface area contributed by atoms with Gasteiger partial charge in [0.1, 0.15) is 12.4 Å². The maximum Gasteiger partial charge on any atom is 0.344 e. The van der Waals surface area contributed by atoms with Gasteiger partial charge in [0, 0.05) is 18.7 Å². The van der Waals surface area contributed by atoms with Gasteiger partial charge in [0.05, 0.1) is 11.6 Å². The van der Waals surface area contributed by atoms with Gasteiger partial charge in [0.2, 0.25) is 0 Å². The third kappa shape index (κ3) is 5.08. The molecule has 0 atom stereocenters. The Morgan fingerprint density at radius 1 is 1.00 bits per heavy atom. The molecule has 6 heteroatoms. The van der Waals surface area contributed by atoms with Gasteiger partial charge < -0.3 is 14.4 Å². The largest absolute Gasteiger partial charge is 0.482 e. The van der Waals surface area contributed by atoms with E-state index in [-0.39, 0.29) is 19.1 Å². The average Bonchev–Trinajstić information content (AvgIpc) is 3.26. The van der Waals surface area contributed by atoms with Crippen molar-refractivity contribution in [1.29, 1.82) is 5.26 Å². The predicted molar refractivity (Wildman–Crippen MR) is 98.0 cm³/mol. The first-order valence-corrected chi connectivity index (χ1v) is 8.82. The Labute approximate surface area is 157 Å². The summed E-state index contributed by atoms with van der Waals surface area (Å²) in [7, 11) is 0. The number of amides is 1. The van der Waals surface area contributed by atoms with Crippen molar-refractivity contribution in [1.82, 2.24) is 4.90 Å². The monoisotopic (exact) mass is 364 g/mol. The molecule has 1 heterocycles. The summed E-state index contributed by atoms with van der Waals surface area (Å²) in [6.07, 6.45) is 2.12. The second-order valence-corrected chi connectivity index (χ2v) is 6.28. The number of ether oxygens (including phenoxy) is 2. The van der Waals surface area contributed by atoms with Gasteiger partial charge in [-0.25, -0.2) is 4.79 Å². The molecule has 1 saturated heterocycles. The highest BCUT2D eigenvalue weighted by molar-refractivity contribution is 5.94. The Bertz CT molecular complexity index is 832. The molecule has 0 bridgehead atoms. The zero-order valence-electron chi connectivity index (χ0n) is 14.9. The molecular weight excluding hydrogens is 344 g/mol. The number of carbonyl (C=O) groups excluding carboxylic acids is 2. The van der Waals surface area contributed by atoms with Crippen molar-refractivity contribution in [2.45, 2.75) is 19.4 Å². The highest BCUT2D eigenvalue weighted by Crippen LogP contribution is 2.14. The van der Waals surface area contributed by atoms with E-state index in [0.717, 1.165) is 31.5 Å². The molecule has 0 aromatic heterocycles. The Balaban J connectivity index is 1.44. The van der Waals surface area contributed by atoms with E-state index in [9.17, 15) is 9.59 Å². The Morgan fingerprint density at radius 2 is 1.67 bits per heavy atom. The van der Waals surface area contributed by atoms with Crippen LogP contribution in [-0.2, 0) is 16.1 Å². The van der Waals surface area contributed by atoms with Gasteiger partial charge >= 0.3 is 5.97 Å². The highest BCUT2D eigenvalue weighted by Gasteiger charge is 2.19. The Morgan fingerprint density at radius 3 is 2.30 bits per heavy atom. The smallest absolute Gasteiger partial charge is 0.344 e. The number of hydrogen-bond donors (Lipinski definition) is 0. The van der Waals surface area contributed by atoms with Gasteiger partial charge in [-0.2, -0.15) is 5.26 Å². The van der Waals surface area contributed by atoms with E-state index in [0.29, 0.717) is 16.9 Å². The van der Waals surface area contributed by atoms with Gasteiger partial charge in [-0.15, -0.1) is 0 Å². The molecule has 0 radical (unpaired) electrons. The van der Waals surface area contributed by atoms with Gasteiger partial charge in [0.15, 0.2) is 6.61 Å².